The highest BCUT2D eigenvalue weighted by Gasteiger charge is 2.39. The lowest BCUT2D eigenvalue weighted by molar-refractivity contribution is -0.161. The van der Waals surface area contributed by atoms with Crippen molar-refractivity contribution in [2.24, 2.45) is 5.73 Å². The van der Waals surface area contributed by atoms with Gasteiger partial charge in [-0.3, -0.25) is 19.1 Å². The minimum absolute atomic E-state index is 0.0612. The van der Waals surface area contributed by atoms with Gasteiger partial charge in [0.05, 0.1) is 18.0 Å². The fourth-order valence-corrected chi connectivity index (χ4v) is 3.00. The molecule has 1 aromatic carbocycles. The van der Waals surface area contributed by atoms with Gasteiger partial charge in [0.15, 0.2) is 0 Å². The van der Waals surface area contributed by atoms with Gasteiger partial charge in [-0.15, -0.1) is 0 Å². The Kier molecular flexibility index (Phi) is 5.51. The van der Waals surface area contributed by atoms with Crippen molar-refractivity contribution in [1.29, 1.82) is 0 Å². The summed E-state index contributed by atoms with van der Waals surface area (Å²) in [6.07, 6.45) is 2.45. The van der Waals surface area contributed by atoms with E-state index in [4.69, 9.17) is 10.5 Å². The van der Waals surface area contributed by atoms with E-state index in [1.165, 1.54) is 22.0 Å². The highest BCUT2D eigenvalue weighted by molar-refractivity contribution is 5.98. The van der Waals surface area contributed by atoms with Gasteiger partial charge in [-0.05, 0) is 12.5 Å². The van der Waals surface area contributed by atoms with Gasteiger partial charge in [0.2, 0.25) is 17.7 Å². The molecule has 1 saturated heterocycles. The van der Waals surface area contributed by atoms with Crippen LogP contribution >= 0.6 is 0 Å². The molecule has 9 nitrogen and oxygen atoms in total. The van der Waals surface area contributed by atoms with E-state index in [9.17, 15) is 14.4 Å². The minimum Gasteiger partial charge on any atom is -0.368 e. The number of nitrogens with one attached hydrogen (secondary N) is 1. The molecule has 3 rings (SSSR count). The fourth-order valence-electron chi connectivity index (χ4n) is 3.00. The Labute approximate surface area is 156 Å². The Morgan fingerprint density at radius 1 is 1.33 bits per heavy atom. The van der Waals surface area contributed by atoms with Crippen LogP contribution in [-0.4, -0.2) is 51.2 Å². The van der Waals surface area contributed by atoms with Gasteiger partial charge >= 0.3 is 0 Å². The Bertz CT molecular complexity index is 835. The van der Waals surface area contributed by atoms with E-state index in [1.807, 2.05) is 30.3 Å². The molecule has 3 amide bonds. The molecule has 9 heteroatoms. The number of primary amides is 1. The number of aromatic nitrogens is 2. The third kappa shape index (κ3) is 4.50. The van der Waals surface area contributed by atoms with Crippen molar-refractivity contribution in [3.63, 3.8) is 0 Å². The van der Waals surface area contributed by atoms with Gasteiger partial charge in [-0.1, -0.05) is 30.3 Å². The van der Waals surface area contributed by atoms with E-state index in [0.29, 0.717) is 12.2 Å². The number of hydrogen-bond donors (Lipinski definition) is 2. The number of carbonyl (C=O) groups excluding carboxylic acids is 3. The van der Waals surface area contributed by atoms with Crippen LogP contribution in [0.4, 0.5) is 5.69 Å². The molecule has 1 aliphatic rings. The molecule has 3 N–H and O–H groups in total. The van der Waals surface area contributed by atoms with E-state index in [0.717, 1.165) is 5.56 Å². The molecule has 0 bridgehead atoms. The molecule has 142 valence electrons. The molecule has 0 spiro atoms. The first-order valence-electron chi connectivity index (χ1n) is 8.50. The van der Waals surface area contributed by atoms with Crippen molar-refractivity contribution in [3.8, 4) is 0 Å². The van der Waals surface area contributed by atoms with Crippen LogP contribution in [0.25, 0.3) is 0 Å². The second kappa shape index (κ2) is 8.00. The molecule has 1 aromatic heterocycles. The zero-order chi connectivity index (χ0) is 19.4. The molecular formula is C18H21N5O4. The molecule has 27 heavy (non-hydrogen) atoms. The lowest BCUT2D eigenvalue weighted by atomic mass is 10.1. The summed E-state index contributed by atoms with van der Waals surface area (Å²) in [6, 6.07) is 8.66. The second-order valence-electron chi connectivity index (χ2n) is 6.35. The molecule has 2 aromatic rings. The van der Waals surface area contributed by atoms with E-state index in [-0.39, 0.29) is 25.0 Å². The van der Waals surface area contributed by atoms with Crippen molar-refractivity contribution in [2.45, 2.75) is 32.2 Å². The highest BCUT2D eigenvalue weighted by Crippen LogP contribution is 2.20. The highest BCUT2D eigenvalue weighted by atomic mass is 16.5. The van der Waals surface area contributed by atoms with Crippen LogP contribution < -0.4 is 11.1 Å². The number of carbonyl (C=O) groups is 3. The Morgan fingerprint density at radius 3 is 2.78 bits per heavy atom. The summed E-state index contributed by atoms with van der Waals surface area (Å²) in [7, 11) is 0. The van der Waals surface area contributed by atoms with Crippen LogP contribution in [0.15, 0.2) is 42.7 Å². The number of amides is 3. The largest absolute Gasteiger partial charge is 0.368 e. The lowest BCUT2D eigenvalue weighted by Crippen LogP contribution is -2.58. The zero-order valence-corrected chi connectivity index (χ0v) is 14.9. The first kappa shape index (κ1) is 18.6. The first-order chi connectivity index (χ1) is 12.9. The lowest BCUT2D eigenvalue weighted by Gasteiger charge is -2.38. The molecule has 0 unspecified atom stereocenters. The standard InChI is InChI=1S/C18H21N5O4/c1-12-17(18(26)21-14-7-20-22(9-14)10-15(19)24)23(16(25)11-27-12)8-13-5-3-2-4-6-13/h2-7,9,12,17H,8,10-11H2,1H3,(H2,19,24)(H,21,26)/t12-,17+/m1/s1. The predicted molar refractivity (Wildman–Crippen MR) is 96.2 cm³/mol. The molecule has 1 aliphatic heterocycles. The average Bonchev–Trinajstić information content (AvgIpc) is 3.05. The maximum absolute atomic E-state index is 12.8. The van der Waals surface area contributed by atoms with Crippen LogP contribution in [0, 0.1) is 0 Å². The third-order valence-electron chi connectivity index (χ3n) is 4.25. The number of nitrogens with zero attached hydrogens (tertiary/aromatic N) is 3. The molecule has 1 fully saturated rings. The van der Waals surface area contributed by atoms with Gasteiger partial charge in [0.25, 0.3) is 0 Å². The number of ether oxygens (including phenoxy) is 1. The second-order valence-corrected chi connectivity index (χ2v) is 6.35. The Morgan fingerprint density at radius 2 is 2.07 bits per heavy atom. The van der Waals surface area contributed by atoms with Gasteiger partial charge in [0.1, 0.15) is 19.2 Å². The maximum atomic E-state index is 12.8. The number of hydrogen-bond acceptors (Lipinski definition) is 5. The Balaban J connectivity index is 1.75. The summed E-state index contributed by atoms with van der Waals surface area (Å²) in [4.78, 5) is 37.7. The van der Waals surface area contributed by atoms with Crippen LogP contribution in [0.3, 0.4) is 0 Å². The van der Waals surface area contributed by atoms with Crippen LogP contribution in [0.2, 0.25) is 0 Å². The van der Waals surface area contributed by atoms with E-state index in [2.05, 4.69) is 10.4 Å². The Hall–Kier alpha value is -3.20. The number of benzene rings is 1. The minimum atomic E-state index is -0.786. The van der Waals surface area contributed by atoms with Crippen molar-refractivity contribution in [3.05, 3.63) is 48.3 Å². The molecule has 0 saturated carbocycles. The van der Waals surface area contributed by atoms with Crippen LogP contribution in [0.5, 0.6) is 0 Å². The van der Waals surface area contributed by atoms with E-state index < -0.39 is 18.1 Å². The average molecular weight is 371 g/mol. The smallest absolute Gasteiger partial charge is 0.249 e. The molecular weight excluding hydrogens is 350 g/mol. The third-order valence-corrected chi connectivity index (χ3v) is 4.25. The maximum Gasteiger partial charge on any atom is 0.249 e. The van der Waals surface area contributed by atoms with Gasteiger partial charge < -0.3 is 20.7 Å². The van der Waals surface area contributed by atoms with Crippen molar-refractivity contribution in [1.82, 2.24) is 14.7 Å². The predicted octanol–water partition coefficient (Wildman–Crippen LogP) is 0.123. The fraction of sp³-hybridized carbons (Fsp3) is 0.333. The normalized spacial score (nSPS) is 19.7. The zero-order valence-electron chi connectivity index (χ0n) is 14.9. The van der Waals surface area contributed by atoms with E-state index in [1.54, 1.807) is 6.92 Å². The first-order valence-corrected chi connectivity index (χ1v) is 8.50. The van der Waals surface area contributed by atoms with Gasteiger partial charge in [0, 0.05) is 12.7 Å². The van der Waals surface area contributed by atoms with Crippen molar-refractivity contribution in [2.75, 3.05) is 11.9 Å². The van der Waals surface area contributed by atoms with Crippen LogP contribution in [-0.2, 0) is 32.2 Å². The van der Waals surface area contributed by atoms with Gasteiger partial charge in [-0.2, -0.15) is 5.10 Å². The summed E-state index contributed by atoms with van der Waals surface area (Å²) >= 11 is 0. The van der Waals surface area contributed by atoms with Gasteiger partial charge in [-0.25, -0.2) is 0 Å². The number of nitrogens with two attached hydrogens (primary N) is 1. The number of rotatable bonds is 6. The number of anilines is 1. The molecule has 2 atom stereocenters. The van der Waals surface area contributed by atoms with E-state index >= 15 is 0 Å². The molecule has 0 aliphatic carbocycles. The monoisotopic (exact) mass is 371 g/mol. The van der Waals surface area contributed by atoms with Crippen molar-refractivity contribution >= 4 is 23.4 Å². The molecule has 0 radical (unpaired) electrons. The summed E-state index contributed by atoms with van der Waals surface area (Å²) in [6.45, 7) is 1.92. The van der Waals surface area contributed by atoms with Crippen molar-refractivity contribution < 1.29 is 19.1 Å². The van der Waals surface area contributed by atoms with Crippen LogP contribution in [0.1, 0.15) is 12.5 Å². The summed E-state index contributed by atoms with van der Waals surface area (Å²) < 4.78 is 6.78. The SMILES string of the molecule is C[C@H]1OCC(=O)N(Cc2ccccc2)[C@@H]1C(=O)Nc1cnn(CC(N)=O)c1. The molecule has 2 heterocycles. The summed E-state index contributed by atoms with van der Waals surface area (Å²) in [5.41, 5.74) is 6.46. The number of morpholine rings is 1. The summed E-state index contributed by atoms with van der Waals surface area (Å²) in [5.74, 6) is -1.17. The summed E-state index contributed by atoms with van der Waals surface area (Å²) in [5, 5.41) is 6.69. The quantitative estimate of drug-likeness (QED) is 0.748. The topological polar surface area (TPSA) is 120 Å².